The molecule has 2 heterocycles. The lowest BCUT2D eigenvalue weighted by atomic mass is 10.2. The van der Waals surface area contributed by atoms with Crippen molar-refractivity contribution < 1.29 is 9.15 Å². The number of H-pyrrole nitrogens is 1. The fraction of sp³-hybridized carbons (Fsp3) is 0.0769. The van der Waals surface area contributed by atoms with Crippen LogP contribution in [0.15, 0.2) is 45.0 Å². The van der Waals surface area contributed by atoms with Gasteiger partial charge in [-0.1, -0.05) is 0 Å². The normalized spacial score (nSPS) is 11.2. The Morgan fingerprint density at radius 2 is 2.35 bits per heavy atom. The van der Waals surface area contributed by atoms with E-state index >= 15 is 0 Å². The van der Waals surface area contributed by atoms with Crippen LogP contribution in [0.4, 0.5) is 5.95 Å². The number of hydrogen-bond acceptors (Lipinski definition) is 6. The van der Waals surface area contributed by atoms with E-state index in [1.807, 2.05) is 0 Å². The third kappa shape index (κ3) is 2.16. The zero-order chi connectivity index (χ0) is 13.9. The van der Waals surface area contributed by atoms with Gasteiger partial charge in [-0.15, -0.1) is 0 Å². The molecular weight excluding hydrogens is 260 g/mol. The molecule has 0 aliphatic heterocycles. The van der Waals surface area contributed by atoms with Gasteiger partial charge in [-0.2, -0.15) is 10.1 Å². The van der Waals surface area contributed by atoms with Gasteiger partial charge in [0.1, 0.15) is 23.9 Å². The number of methoxy groups -OCH3 is 1. The first-order valence-corrected chi connectivity index (χ1v) is 5.77. The van der Waals surface area contributed by atoms with Gasteiger partial charge in [-0.3, -0.25) is 4.79 Å². The minimum atomic E-state index is -0.187. The maximum absolute atomic E-state index is 12.3. The Bertz CT molecular complexity index is 821. The van der Waals surface area contributed by atoms with E-state index in [2.05, 4.69) is 20.2 Å². The molecule has 1 aromatic carbocycles. The van der Waals surface area contributed by atoms with Gasteiger partial charge in [-0.25, -0.2) is 10.1 Å². The molecule has 1 N–H and O–H groups in total. The molecule has 100 valence electrons. The van der Waals surface area contributed by atoms with Crippen molar-refractivity contribution in [3.8, 4) is 5.75 Å². The predicted molar refractivity (Wildman–Crippen MR) is 72.7 cm³/mol. The summed E-state index contributed by atoms with van der Waals surface area (Å²) in [5, 5.41) is 6.67. The van der Waals surface area contributed by atoms with Crippen LogP contribution in [0.1, 0.15) is 5.56 Å². The van der Waals surface area contributed by atoms with Gasteiger partial charge in [0.2, 0.25) is 11.4 Å². The molecular formula is C13H10N4O3. The van der Waals surface area contributed by atoms with Crippen LogP contribution in [0.25, 0.3) is 11.0 Å². The van der Waals surface area contributed by atoms with Crippen molar-refractivity contribution in [3.05, 3.63) is 46.6 Å². The number of nitrogens with zero attached hydrogens (tertiary/aromatic N) is 3. The highest BCUT2D eigenvalue weighted by Gasteiger charge is 2.06. The van der Waals surface area contributed by atoms with Crippen LogP contribution in [0.5, 0.6) is 5.75 Å². The van der Waals surface area contributed by atoms with E-state index in [-0.39, 0.29) is 5.43 Å². The van der Waals surface area contributed by atoms with E-state index in [0.29, 0.717) is 28.2 Å². The fourth-order valence-corrected chi connectivity index (χ4v) is 1.73. The molecule has 3 rings (SSSR count). The highest BCUT2D eigenvalue weighted by Crippen LogP contribution is 2.18. The van der Waals surface area contributed by atoms with Crippen LogP contribution in [0.3, 0.4) is 0 Å². The molecule has 0 saturated carbocycles. The van der Waals surface area contributed by atoms with Crippen LogP contribution in [0.2, 0.25) is 0 Å². The Balaban J connectivity index is 2.08. The molecule has 0 unspecified atom stereocenters. The van der Waals surface area contributed by atoms with Crippen molar-refractivity contribution in [1.82, 2.24) is 15.2 Å². The number of hydrogen-bond donors (Lipinski definition) is 1. The molecule has 0 atom stereocenters. The Kier molecular flexibility index (Phi) is 3.00. The summed E-state index contributed by atoms with van der Waals surface area (Å²) < 4.78 is 10.5. The predicted octanol–water partition coefficient (Wildman–Crippen LogP) is 1.67. The van der Waals surface area contributed by atoms with Crippen molar-refractivity contribution in [3.63, 3.8) is 0 Å². The summed E-state index contributed by atoms with van der Waals surface area (Å²) in [5.41, 5.74) is 0.628. The molecule has 0 amide bonds. The van der Waals surface area contributed by atoms with Gasteiger partial charge < -0.3 is 9.15 Å². The van der Waals surface area contributed by atoms with Gasteiger partial charge in [0.05, 0.1) is 18.1 Å². The Hall–Kier alpha value is -2.96. The van der Waals surface area contributed by atoms with Crippen LogP contribution >= 0.6 is 0 Å². The summed E-state index contributed by atoms with van der Waals surface area (Å²) in [6, 6.07) is 5.05. The molecule has 20 heavy (non-hydrogen) atoms. The molecule has 0 aliphatic carbocycles. The van der Waals surface area contributed by atoms with Crippen LogP contribution in [-0.2, 0) is 0 Å². The molecule has 0 fully saturated rings. The molecule has 7 heteroatoms. The lowest BCUT2D eigenvalue weighted by Gasteiger charge is -2.01. The van der Waals surface area contributed by atoms with Crippen LogP contribution < -0.4 is 10.2 Å². The van der Waals surface area contributed by atoms with Gasteiger partial charge in [0.25, 0.3) is 0 Å². The first-order chi connectivity index (χ1) is 9.78. The molecule has 0 saturated heterocycles. The van der Waals surface area contributed by atoms with Crippen molar-refractivity contribution >= 4 is 23.1 Å². The zero-order valence-corrected chi connectivity index (χ0v) is 10.5. The Morgan fingerprint density at radius 1 is 1.45 bits per heavy atom. The number of rotatable bonds is 3. The Labute approximate surface area is 112 Å². The lowest BCUT2D eigenvalue weighted by molar-refractivity contribution is 0.415. The number of aromatic amines is 1. The van der Waals surface area contributed by atoms with E-state index in [9.17, 15) is 4.79 Å². The van der Waals surface area contributed by atoms with Crippen molar-refractivity contribution in [2.24, 2.45) is 4.99 Å². The summed E-state index contributed by atoms with van der Waals surface area (Å²) in [4.78, 5) is 20.1. The van der Waals surface area contributed by atoms with Crippen molar-refractivity contribution in [2.45, 2.75) is 0 Å². The average Bonchev–Trinajstić information content (AvgIpc) is 3.00. The molecule has 0 spiro atoms. The topological polar surface area (TPSA) is 93.4 Å². The lowest BCUT2D eigenvalue weighted by Crippen LogP contribution is -2.08. The molecule has 0 radical (unpaired) electrons. The largest absolute Gasteiger partial charge is 0.497 e. The summed E-state index contributed by atoms with van der Waals surface area (Å²) in [6.45, 7) is 0. The van der Waals surface area contributed by atoms with Gasteiger partial charge in [-0.05, 0) is 18.2 Å². The highest BCUT2D eigenvalue weighted by molar-refractivity contribution is 5.87. The van der Waals surface area contributed by atoms with E-state index < -0.39 is 0 Å². The van der Waals surface area contributed by atoms with Crippen molar-refractivity contribution in [2.75, 3.05) is 7.11 Å². The van der Waals surface area contributed by atoms with Crippen LogP contribution in [-0.4, -0.2) is 28.5 Å². The molecule has 0 aliphatic rings. The van der Waals surface area contributed by atoms with Gasteiger partial charge in [0, 0.05) is 6.21 Å². The van der Waals surface area contributed by atoms with Gasteiger partial charge >= 0.3 is 0 Å². The zero-order valence-electron chi connectivity index (χ0n) is 10.5. The van der Waals surface area contributed by atoms with E-state index in [1.54, 1.807) is 18.2 Å². The Morgan fingerprint density at radius 3 is 3.10 bits per heavy atom. The highest BCUT2D eigenvalue weighted by atomic mass is 16.5. The summed E-state index contributed by atoms with van der Waals surface area (Å²) in [7, 11) is 1.54. The second kappa shape index (κ2) is 4.96. The molecule has 3 aromatic rings. The third-order valence-corrected chi connectivity index (χ3v) is 2.73. The molecule has 0 bridgehead atoms. The van der Waals surface area contributed by atoms with E-state index in [0.717, 1.165) is 0 Å². The smallest absolute Gasteiger partial charge is 0.245 e. The van der Waals surface area contributed by atoms with Crippen LogP contribution in [0, 0.1) is 0 Å². The average molecular weight is 270 g/mol. The quantitative estimate of drug-likeness (QED) is 0.730. The number of fused-ring (bicyclic) bond motifs is 1. The second-order valence-electron chi connectivity index (χ2n) is 3.95. The number of nitrogens with one attached hydrogen (secondary N) is 1. The fourth-order valence-electron chi connectivity index (χ4n) is 1.73. The molecule has 7 nitrogen and oxygen atoms in total. The maximum atomic E-state index is 12.3. The first kappa shape index (κ1) is 12.1. The monoisotopic (exact) mass is 270 g/mol. The summed E-state index contributed by atoms with van der Waals surface area (Å²) >= 11 is 0. The van der Waals surface area contributed by atoms with E-state index in [1.165, 1.54) is 25.9 Å². The third-order valence-electron chi connectivity index (χ3n) is 2.73. The van der Waals surface area contributed by atoms with Crippen molar-refractivity contribution in [1.29, 1.82) is 0 Å². The van der Waals surface area contributed by atoms with E-state index in [4.69, 9.17) is 9.15 Å². The minimum Gasteiger partial charge on any atom is -0.497 e. The molecule has 2 aromatic heterocycles. The maximum Gasteiger partial charge on any atom is 0.245 e. The number of ether oxygens (including phenoxy) is 1. The second-order valence-corrected chi connectivity index (χ2v) is 3.95. The minimum absolute atomic E-state index is 0.187. The standard InChI is InChI=1S/C13H10N4O3/c1-19-9-2-3-11-10(4-9)12(18)8(6-20-11)5-14-13-15-7-16-17-13/h2-7H,1H3,(H,15,16,17). The summed E-state index contributed by atoms with van der Waals surface area (Å²) in [5.74, 6) is 0.907. The SMILES string of the molecule is COc1ccc2occ(C=Nc3ncn[nH]3)c(=O)c2c1. The summed E-state index contributed by atoms with van der Waals surface area (Å²) in [6.07, 6.45) is 4.07. The number of aliphatic imine (C=N–C) groups is 1. The number of aromatic nitrogens is 3. The number of benzene rings is 1. The first-order valence-electron chi connectivity index (χ1n) is 5.77. The van der Waals surface area contributed by atoms with Gasteiger partial charge in [0.15, 0.2) is 0 Å².